The van der Waals surface area contributed by atoms with Crippen molar-refractivity contribution in [2.24, 2.45) is 17.6 Å². The van der Waals surface area contributed by atoms with Crippen LogP contribution in [0.25, 0.3) is 0 Å². The topological polar surface area (TPSA) is 26.0 Å². The summed E-state index contributed by atoms with van der Waals surface area (Å²) < 4.78 is 0. The molecule has 0 aromatic heterocycles. The largest absolute Gasteiger partial charge is 0.327 e. The molecule has 0 radical (unpaired) electrons. The first-order valence-corrected chi connectivity index (χ1v) is 8.19. The maximum absolute atomic E-state index is 6.53. The lowest BCUT2D eigenvalue weighted by Crippen LogP contribution is -2.26. The lowest BCUT2D eigenvalue weighted by atomic mass is 9.92. The van der Waals surface area contributed by atoms with Crippen molar-refractivity contribution in [1.82, 2.24) is 0 Å². The highest BCUT2D eigenvalue weighted by atomic mass is 35.5. The minimum Gasteiger partial charge on any atom is -0.327 e. The average Bonchev–Trinajstić information content (AvgIpc) is 3.25. The molecule has 0 aliphatic heterocycles. The van der Waals surface area contributed by atoms with Crippen LogP contribution in [-0.4, -0.2) is 6.04 Å². The van der Waals surface area contributed by atoms with Gasteiger partial charge in [-0.1, -0.05) is 48.0 Å². The molecule has 2 N–H and O–H groups in total. The first-order chi connectivity index (χ1) is 10.2. The molecule has 0 heterocycles. The smallest absolute Gasteiger partial charge is 0.0406 e. The maximum atomic E-state index is 6.53. The summed E-state index contributed by atoms with van der Waals surface area (Å²) in [6, 6.07) is 17.3. The highest BCUT2D eigenvalue weighted by molar-refractivity contribution is 6.30. The summed E-state index contributed by atoms with van der Waals surface area (Å²) in [5.41, 5.74) is 10.9. The van der Waals surface area contributed by atoms with E-state index >= 15 is 0 Å². The van der Waals surface area contributed by atoms with Gasteiger partial charge in [0.2, 0.25) is 0 Å². The standard InChI is InChI=1S/C19H20ClN/c20-14-8-5-12(6-9-14)11-17(21)19-16-10-7-13-3-1-2-4-15(13)18(16)19/h1-6,8-9,16-19H,7,10-11,21H2. The van der Waals surface area contributed by atoms with E-state index in [-0.39, 0.29) is 6.04 Å². The molecule has 2 heteroatoms. The maximum Gasteiger partial charge on any atom is 0.0406 e. The molecular formula is C19H20ClN. The Morgan fingerprint density at radius 2 is 1.86 bits per heavy atom. The summed E-state index contributed by atoms with van der Waals surface area (Å²) in [4.78, 5) is 0. The molecule has 0 amide bonds. The quantitative estimate of drug-likeness (QED) is 0.903. The summed E-state index contributed by atoms with van der Waals surface area (Å²) in [6.45, 7) is 0. The van der Waals surface area contributed by atoms with Crippen LogP contribution >= 0.6 is 11.6 Å². The van der Waals surface area contributed by atoms with Gasteiger partial charge in [0.15, 0.2) is 0 Å². The molecule has 2 aliphatic carbocycles. The van der Waals surface area contributed by atoms with Gasteiger partial charge < -0.3 is 5.73 Å². The Balaban J connectivity index is 1.50. The molecule has 2 aromatic rings. The Morgan fingerprint density at radius 1 is 1.10 bits per heavy atom. The lowest BCUT2D eigenvalue weighted by molar-refractivity contribution is 0.532. The number of hydrogen-bond acceptors (Lipinski definition) is 1. The van der Waals surface area contributed by atoms with E-state index in [4.69, 9.17) is 17.3 Å². The summed E-state index contributed by atoms with van der Waals surface area (Å²) in [7, 11) is 0. The monoisotopic (exact) mass is 297 g/mol. The van der Waals surface area contributed by atoms with Gasteiger partial charge in [-0.2, -0.15) is 0 Å². The molecule has 1 saturated carbocycles. The van der Waals surface area contributed by atoms with Crippen molar-refractivity contribution in [3.63, 3.8) is 0 Å². The number of benzene rings is 2. The second-order valence-corrected chi connectivity index (χ2v) is 6.94. The molecule has 2 aromatic carbocycles. The molecule has 108 valence electrons. The predicted octanol–water partition coefficient (Wildman–Crippen LogP) is 4.19. The molecule has 1 nitrogen and oxygen atoms in total. The fraction of sp³-hybridized carbons (Fsp3) is 0.368. The van der Waals surface area contributed by atoms with Crippen molar-refractivity contribution in [1.29, 1.82) is 0 Å². The van der Waals surface area contributed by atoms with Gasteiger partial charge in [0, 0.05) is 11.1 Å². The first kappa shape index (κ1) is 13.4. The zero-order chi connectivity index (χ0) is 14.4. The highest BCUT2D eigenvalue weighted by Gasteiger charge is 2.55. The van der Waals surface area contributed by atoms with Gasteiger partial charge in [-0.05, 0) is 65.8 Å². The predicted molar refractivity (Wildman–Crippen MR) is 87.6 cm³/mol. The van der Waals surface area contributed by atoms with Crippen LogP contribution in [-0.2, 0) is 12.8 Å². The SMILES string of the molecule is NC(Cc1ccc(Cl)cc1)C1C2CCc3ccccc3C21. The molecule has 21 heavy (non-hydrogen) atoms. The number of hydrogen-bond donors (Lipinski definition) is 1. The zero-order valence-corrected chi connectivity index (χ0v) is 12.8. The van der Waals surface area contributed by atoms with E-state index in [0.29, 0.717) is 11.8 Å². The number of rotatable bonds is 3. The molecule has 4 rings (SSSR count). The van der Waals surface area contributed by atoms with Gasteiger partial charge in [0.25, 0.3) is 0 Å². The van der Waals surface area contributed by atoms with E-state index in [1.165, 1.54) is 18.4 Å². The summed E-state index contributed by atoms with van der Waals surface area (Å²) in [6.07, 6.45) is 3.49. The number of fused-ring (bicyclic) bond motifs is 3. The average molecular weight is 298 g/mol. The third-order valence-corrected chi connectivity index (χ3v) is 5.52. The molecule has 2 aliphatic rings. The minimum atomic E-state index is 0.257. The van der Waals surface area contributed by atoms with Crippen molar-refractivity contribution < 1.29 is 0 Å². The van der Waals surface area contributed by atoms with Gasteiger partial charge in [0.05, 0.1) is 0 Å². The van der Waals surface area contributed by atoms with Crippen LogP contribution in [0.3, 0.4) is 0 Å². The van der Waals surface area contributed by atoms with Crippen LogP contribution in [0.4, 0.5) is 0 Å². The Hall–Kier alpha value is -1.31. The van der Waals surface area contributed by atoms with Gasteiger partial charge in [-0.15, -0.1) is 0 Å². The lowest BCUT2D eigenvalue weighted by Gasteiger charge is -2.13. The molecule has 0 spiro atoms. The summed E-state index contributed by atoms with van der Waals surface area (Å²) in [5.74, 6) is 2.17. The number of nitrogens with two attached hydrogens (primary N) is 1. The van der Waals surface area contributed by atoms with Gasteiger partial charge in [0.1, 0.15) is 0 Å². The van der Waals surface area contributed by atoms with E-state index in [0.717, 1.165) is 17.4 Å². The summed E-state index contributed by atoms with van der Waals surface area (Å²) >= 11 is 5.95. The summed E-state index contributed by atoms with van der Waals surface area (Å²) in [5, 5.41) is 0.793. The Labute approximate surface area is 131 Å². The Kier molecular flexibility index (Phi) is 3.28. The molecule has 0 bridgehead atoms. The van der Waals surface area contributed by atoms with Crippen molar-refractivity contribution in [2.45, 2.75) is 31.2 Å². The Bertz CT molecular complexity index is 649. The second kappa shape index (κ2) is 5.15. The van der Waals surface area contributed by atoms with Gasteiger partial charge in [-0.3, -0.25) is 0 Å². The van der Waals surface area contributed by atoms with Gasteiger partial charge >= 0.3 is 0 Å². The second-order valence-electron chi connectivity index (χ2n) is 6.50. The van der Waals surface area contributed by atoms with E-state index in [2.05, 4.69) is 36.4 Å². The van der Waals surface area contributed by atoms with Crippen molar-refractivity contribution in [2.75, 3.05) is 0 Å². The van der Waals surface area contributed by atoms with E-state index in [1.54, 1.807) is 11.1 Å². The van der Waals surface area contributed by atoms with E-state index in [9.17, 15) is 0 Å². The van der Waals surface area contributed by atoms with Crippen molar-refractivity contribution in [3.8, 4) is 0 Å². The fourth-order valence-electron chi connectivity index (χ4n) is 4.23. The van der Waals surface area contributed by atoms with Crippen LogP contribution in [0, 0.1) is 11.8 Å². The highest BCUT2D eigenvalue weighted by Crippen LogP contribution is 2.61. The molecule has 0 saturated heterocycles. The van der Waals surface area contributed by atoms with Crippen molar-refractivity contribution >= 4 is 11.6 Å². The third kappa shape index (κ3) is 2.39. The molecule has 1 fully saturated rings. The Morgan fingerprint density at radius 3 is 2.67 bits per heavy atom. The molecular weight excluding hydrogens is 278 g/mol. The van der Waals surface area contributed by atoms with Crippen LogP contribution in [0.15, 0.2) is 48.5 Å². The molecule has 4 unspecified atom stereocenters. The van der Waals surface area contributed by atoms with Crippen LogP contribution in [0.2, 0.25) is 5.02 Å². The van der Waals surface area contributed by atoms with Crippen LogP contribution in [0.5, 0.6) is 0 Å². The molecule has 4 atom stereocenters. The zero-order valence-electron chi connectivity index (χ0n) is 12.0. The van der Waals surface area contributed by atoms with E-state index < -0.39 is 0 Å². The first-order valence-electron chi connectivity index (χ1n) is 7.82. The van der Waals surface area contributed by atoms with Crippen LogP contribution in [0.1, 0.15) is 29.0 Å². The van der Waals surface area contributed by atoms with Gasteiger partial charge in [-0.25, -0.2) is 0 Å². The van der Waals surface area contributed by atoms with E-state index in [1.807, 2.05) is 12.1 Å². The third-order valence-electron chi connectivity index (χ3n) is 5.27. The fourth-order valence-corrected chi connectivity index (χ4v) is 4.36. The number of halogens is 1. The normalized spacial score (nSPS) is 27.6. The van der Waals surface area contributed by atoms with Crippen LogP contribution < -0.4 is 5.73 Å². The minimum absolute atomic E-state index is 0.257. The van der Waals surface area contributed by atoms with Crippen molar-refractivity contribution in [3.05, 3.63) is 70.2 Å². The number of aryl methyl sites for hydroxylation is 1.